The maximum atomic E-state index is 14.0. The lowest BCUT2D eigenvalue weighted by molar-refractivity contribution is -0.159. The van der Waals surface area contributed by atoms with Gasteiger partial charge in [0.15, 0.2) is 0 Å². The SMILES string of the molecule is CC(C)[C@H](NC(=O)OCc1ccccc1)C(=O)N1CCC[C@H]1C(=O)N[C@H](C(=O)C(F)(F)C(N)=O)C(C)C. The van der Waals surface area contributed by atoms with Crippen LogP contribution in [0.4, 0.5) is 13.6 Å². The molecule has 2 rings (SSSR count). The normalized spacial score (nSPS) is 17.3. The minimum atomic E-state index is -4.46. The second kappa shape index (κ2) is 12.6. The van der Waals surface area contributed by atoms with E-state index < -0.39 is 59.6 Å². The van der Waals surface area contributed by atoms with Gasteiger partial charge in [-0.3, -0.25) is 19.2 Å². The monoisotopic (exact) mass is 524 g/mol. The number of primary amides is 1. The first-order valence-corrected chi connectivity index (χ1v) is 12.1. The number of nitrogens with two attached hydrogens (primary N) is 1. The first-order chi connectivity index (χ1) is 17.3. The average molecular weight is 525 g/mol. The van der Waals surface area contributed by atoms with Crippen molar-refractivity contribution in [3.05, 3.63) is 35.9 Å². The van der Waals surface area contributed by atoms with Crippen LogP contribution in [0.2, 0.25) is 0 Å². The van der Waals surface area contributed by atoms with Gasteiger partial charge in [0, 0.05) is 6.54 Å². The molecular formula is C25H34F2N4O6. The van der Waals surface area contributed by atoms with Gasteiger partial charge in [0.05, 0.1) is 6.04 Å². The predicted molar refractivity (Wildman–Crippen MR) is 129 cm³/mol. The number of alkyl carbamates (subject to hydrolysis) is 1. The van der Waals surface area contributed by atoms with Gasteiger partial charge in [0.25, 0.3) is 5.91 Å². The molecule has 12 heteroatoms. The van der Waals surface area contributed by atoms with Crippen molar-refractivity contribution in [2.24, 2.45) is 17.6 Å². The molecule has 1 fully saturated rings. The molecule has 0 saturated carbocycles. The summed E-state index contributed by atoms with van der Waals surface area (Å²) in [7, 11) is 0. The van der Waals surface area contributed by atoms with Crippen LogP contribution in [0.1, 0.15) is 46.1 Å². The molecule has 3 atom stereocenters. The van der Waals surface area contributed by atoms with Crippen molar-refractivity contribution in [2.45, 2.75) is 71.2 Å². The zero-order chi connectivity index (χ0) is 27.9. The first-order valence-electron chi connectivity index (χ1n) is 12.1. The lowest BCUT2D eigenvalue weighted by atomic mass is 9.95. The molecule has 0 unspecified atom stereocenters. The highest BCUT2D eigenvalue weighted by Crippen LogP contribution is 2.23. The summed E-state index contributed by atoms with van der Waals surface area (Å²) < 4.78 is 33.2. The van der Waals surface area contributed by atoms with Crippen LogP contribution >= 0.6 is 0 Å². The number of nitrogens with one attached hydrogen (secondary N) is 2. The van der Waals surface area contributed by atoms with E-state index in [0.717, 1.165) is 5.56 Å². The molecule has 37 heavy (non-hydrogen) atoms. The van der Waals surface area contributed by atoms with Gasteiger partial charge < -0.3 is 26.0 Å². The number of carbonyl (C=O) groups is 5. The number of benzene rings is 1. The fraction of sp³-hybridized carbons (Fsp3) is 0.560. The van der Waals surface area contributed by atoms with E-state index in [-0.39, 0.29) is 25.5 Å². The molecule has 1 heterocycles. The third kappa shape index (κ3) is 7.46. The van der Waals surface area contributed by atoms with Crippen LogP contribution in [0.5, 0.6) is 0 Å². The Morgan fingerprint density at radius 1 is 1.03 bits per heavy atom. The topological polar surface area (TPSA) is 148 Å². The highest BCUT2D eigenvalue weighted by molar-refractivity contribution is 6.10. The molecule has 1 saturated heterocycles. The molecule has 1 aliphatic heterocycles. The van der Waals surface area contributed by atoms with Gasteiger partial charge in [-0.05, 0) is 30.2 Å². The van der Waals surface area contributed by atoms with Gasteiger partial charge in [-0.25, -0.2) is 4.79 Å². The maximum Gasteiger partial charge on any atom is 0.408 e. The van der Waals surface area contributed by atoms with E-state index in [4.69, 9.17) is 4.74 Å². The van der Waals surface area contributed by atoms with Crippen LogP contribution in [0.25, 0.3) is 0 Å². The van der Waals surface area contributed by atoms with E-state index in [1.807, 2.05) is 6.07 Å². The number of alkyl halides is 2. The Morgan fingerprint density at radius 2 is 1.62 bits per heavy atom. The maximum absolute atomic E-state index is 14.0. The molecule has 1 aliphatic rings. The quantitative estimate of drug-likeness (QED) is 0.376. The van der Waals surface area contributed by atoms with Crippen LogP contribution in [-0.2, 0) is 30.5 Å². The molecule has 1 aromatic rings. The predicted octanol–water partition coefficient (Wildman–Crippen LogP) is 1.76. The molecule has 1 aromatic carbocycles. The average Bonchev–Trinajstić information content (AvgIpc) is 3.34. The molecule has 0 spiro atoms. The molecule has 0 aromatic heterocycles. The van der Waals surface area contributed by atoms with Gasteiger partial charge in [-0.2, -0.15) is 8.78 Å². The lowest BCUT2D eigenvalue weighted by Crippen LogP contribution is -2.59. The fourth-order valence-corrected chi connectivity index (χ4v) is 3.99. The highest BCUT2D eigenvalue weighted by atomic mass is 19.3. The van der Waals surface area contributed by atoms with Gasteiger partial charge >= 0.3 is 12.0 Å². The number of amides is 4. The number of hydrogen-bond acceptors (Lipinski definition) is 6. The summed E-state index contributed by atoms with van der Waals surface area (Å²) >= 11 is 0. The van der Waals surface area contributed by atoms with Crippen molar-refractivity contribution in [1.29, 1.82) is 0 Å². The third-order valence-electron chi connectivity index (χ3n) is 6.12. The van der Waals surface area contributed by atoms with Crippen LogP contribution in [-0.4, -0.2) is 65.1 Å². The smallest absolute Gasteiger partial charge is 0.408 e. The molecule has 0 bridgehead atoms. The summed E-state index contributed by atoms with van der Waals surface area (Å²) in [5, 5.41) is 4.81. The molecular weight excluding hydrogens is 490 g/mol. The van der Waals surface area contributed by atoms with Crippen LogP contribution in [0.15, 0.2) is 30.3 Å². The molecule has 0 radical (unpaired) electrons. The van der Waals surface area contributed by atoms with Crippen LogP contribution in [0, 0.1) is 11.8 Å². The molecule has 4 N–H and O–H groups in total. The summed E-state index contributed by atoms with van der Waals surface area (Å²) in [6.07, 6.45) is -0.132. The van der Waals surface area contributed by atoms with Crippen molar-refractivity contribution in [3.63, 3.8) is 0 Å². The minimum absolute atomic E-state index is 0.000973. The Kier molecular flexibility index (Phi) is 10.1. The molecule has 4 amide bonds. The Hall–Kier alpha value is -3.57. The third-order valence-corrected chi connectivity index (χ3v) is 6.12. The number of ether oxygens (including phenoxy) is 1. The molecule has 204 valence electrons. The summed E-state index contributed by atoms with van der Waals surface area (Å²) in [5.41, 5.74) is 5.42. The standard InChI is InChI=1S/C25H34F2N4O6/c1-14(2)18(20(32)25(26,27)23(28)35)29-21(33)17-11-8-12-31(17)22(34)19(15(3)4)30-24(36)37-13-16-9-6-5-7-10-16/h5-7,9-10,14-15,17-19H,8,11-13H2,1-4H3,(H2,28,35)(H,29,33)(H,30,36)/t17-,18-,19-/m0/s1. The number of carbonyl (C=O) groups excluding carboxylic acids is 5. The first kappa shape index (κ1) is 29.7. The van der Waals surface area contributed by atoms with Gasteiger partial charge in [0.2, 0.25) is 17.6 Å². The van der Waals surface area contributed by atoms with E-state index in [0.29, 0.717) is 6.42 Å². The zero-order valence-corrected chi connectivity index (χ0v) is 21.3. The number of rotatable bonds is 11. The summed E-state index contributed by atoms with van der Waals surface area (Å²) in [6.45, 7) is 6.48. The van der Waals surface area contributed by atoms with E-state index in [9.17, 15) is 32.8 Å². The number of halogens is 2. The Bertz CT molecular complexity index is 1000. The Balaban J connectivity index is 2.10. The second-order valence-corrected chi connectivity index (χ2v) is 9.65. The number of likely N-dealkylation sites (tertiary alicyclic amines) is 1. The minimum Gasteiger partial charge on any atom is -0.445 e. The fourth-order valence-electron chi connectivity index (χ4n) is 3.99. The largest absolute Gasteiger partial charge is 0.445 e. The van der Waals surface area contributed by atoms with Gasteiger partial charge in [-0.15, -0.1) is 0 Å². The molecule has 10 nitrogen and oxygen atoms in total. The van der Waals surface area contributed by atoms with Crippen molar-refractivity contribution in [1.82, 2.24) is 15.5 Å². The summed E-state index contributed by atoms with van der Waals surface area (Å²) in [5.74, 6) is -10.9. The second-order valence-electron chi connectivity index (χ2n) is 9.65. The number of hydrogen-bond donors (Lipinski definition) is 3. The van der Waals surface area contributed by atoms with Crippen molar-refractivity contribution in [2.75, 3.05) is 6.54 Å². The number of ketones is 1. The highest BCUT2D eigenvalue weighted by Gasteiger charge is 2.50. The van der Waals surface area contributed by atoms with Crippen molar-refractivity contribution < 1.29 is 37.5 Å². The van der Waals surface area contributed by atoms with E-state index in [1.165, 1.54) is 18.7 Å². The zero-order valence-electron chi connectivity index (χ0n) is 21.3. The van der Waals surface area contributed by atoms with E-state index in [1.54, 1.807) is 38.1 Å². The van der Waals surface area contributed by atoms with Crippen LogP contribution in [0.3, 0.4) is 0 Å². The Labute approximate surface area is 214 Å². The number of Topliss-reactive ketones (excluding diaryl/α,β-unsaturated/α-hetero) is 1. The van der Waals surface area contributed by atoms with Crippen molar-refractivity contribution >= 4 is 29.6 Å². The molecule has 0 aliphatic carbocycles. The summed E-state index contributed by atoms with van der Waals surface area (Å²) in [6, 6.07) is 5.21. The van der Waals surface area contributed by atoms with Gasteiger partial charge in [0.1, 0.15) is 18.7 Å². The lowest BCUT2D eigenvalue weighted by Gasteiger charge is -2.32. The van der Waals surface area contributed by atoms with Crippen molar-refractivity contribution in [3.8, 4) is 0 Å². The number of nitrogens with zero attached hydrogens (tertiary/aromatic N) is 1. The summed E-state index contributed by atoms with van der Waals surface area (Å²) in [4.78, 5) is 63.4. The van der Waals surface area contributed by atoms with E-state index in [2.05, 4.69) is 16.4 Å². The van der Waals surface area contributed by atoms with E-state index >= 15 is 0 Å². The van der Waals surface area contributed by atoms with Gasteiger partial charge in [-0.1, -0.05) is 58.0 Å². The van der Waals surface area contributed by atoms with Crippen LogP contribution < -0.4 is 16.4 Å². The Morgan fingerprint density at radius 3 is 2.16 bits per heavy atom.